The SMILES string of the molecule is COC1=CN=C(Br)CC1. The minimum atomic E-state index is 0.957. The third kappa shape index (κ3) is 1.82. The summed E-state index contributed by atoms with van der Waals surface area (Å²) in [5.41, 5.74) is 0. The Hall–Kier alpha value is -0.310. The summed E-state index contributed by atoms with van der Waals surface area (Å²) in [7, 11) is 1.67. The molecule has 0 spiro atoms. The molecule has 0 bridgehead atoms. The Morgan fingerprint density at radius 1 is 1.67 bits per heavy atom. The van der Waals surface area contributed by atoms with Gasteiger partial charge in [-0.05, 0) is 15.9 Å². The van der Waals surface area contributed by atoms with Gasteiger partial charge in [0.15, 0.2) is 0 Å². The fourth-order valence-electron chi connectivity index (χ4n) is 0.652. The van der Waals surface area contributed by atoms with Gasteiger partial charge in [0.05, 0.1) is 17.9 Å². The van der Waals surface area contributed by atoms with Crippen LogP contribution in [0.15, 0.2) is 17.0 Å². The summed E-state index contributed by atoms with van der Waals surface area (Å²) in [4.78, 5) is 4.03. The first-order valence-electron chi connectivity index (χ1n) is 2.78. The maximum atomic E-state index is 4.97. The van der Waals surface area contributed by atoms with Crippen LogP contribution in [0.3, 0.4) is 0 Å². The summed E-state index contributed by atoms with van der Waals surface area (Å²) in [5.74, 6) is 0.957. The molecule has 1 rings (SSSR count). The van der Waals surface area contributed by atoms with E-state index in [-0.39, 0.29) is 0 Å². The van der Waals surface area contributed by atoms with Gasteiger partial charge in [-0.3, -0.25) is 4.99 Å². The predicted octanol–water partition coefficient (Wildman–Crippen LogP) is 2.06. The quantitative estimate of drug-likeness (QED) is 0.620. The minimum absolute atomic E-state index is 0.957. The van der Waals surface area contributed by atoms with Gasteiger partial charge in [-0.15, -0.1) is 0 Å². The molecule has 0 aromatic carbocycles. The minimum Gasteiger partial charge on any atom is -0.499 e. The van der Waals surface area contributed by atoms with Crippen LogP contribution >= 0.6 is 15.9 Å². The Labute approximate surface area is 62.7 Å². The van der Waals surface area contributed by atoms with E-state index in [1.165, 1.54) is 0 Å². The fraction of sp³-hybridized carbons (Fsp3) is 0.500. The standard InChI is InChI=1S/C6H8BrNO/c1-9-5-2-3-6(7)8-4-5/h4H,2-3H2,1H3. The maximum absolute atomic E-state index is 4.97. The molecule has 0 fully saturated rings. The summed E-state index contributed by atoms with van der Waals surface area (Å²) in [6, 6.07) is 0. The summed E-state index contributed by atoms with van der Waals surface area (Å²) in [6.07, 6.45) is 3.66. The van der Waals surface area contributed by atoms with Gasteiger partial charge in [0.1, 0.15) is 5.76 Å². The molecule has 0 unspecified atom stereocenters. The number of aliphatic imine (C=N–C) groups is 1. The van der Waals surface area contributed by atoms with Gasteiger partial charge < -0.3 is 4.74 Å². The number of hydrogen-bond acceptors (Lipinski definition) is 2. The molecule has 0 saturated heterocycles. The highest BCUT2D eigenvalue weighted by Crippen LogP contribution is 2.14. The second-order valence-electron chi connectivity index (χ2n) is 1.80. The molecule has 0 radical (unpaired) electrons. The van der Waals surface area contributed by atoms with Gasteiger partial charge in [0.25, 0.3) is 0 Å². The molecule has 0 aromatic rings. The summed E-state index contributed by atoms with van der Waals surface area (Å²) < 4.78 is 5.98. The summed E-state index contributed by atoms with van der Waals surface area (Å²) in [5, 5.41) is 0. The van der Waals surface area contributed by atoms with E-state index in [1.54, 1.807) is 13.3 Å². The van der Waals surface area contributed by atoms with Gasteiger partial charge in [-0.25, -0.2) is 0 Å². The van der Waals surface area contributed by atoms with Crippen molar-refractivity contribution in [3.63, 3.8) is 0 Å². The average Bonchev–Trinajstić information content (AvgIpc) is 1.90. The third-order valence-electron chi connectivity index (χ3n) is 1.19. The molecule has 0 amide bonds. The number of nitrogens with zero attached hydrogens (tertiary/aromatic N) is 1. The normalized spacial score (nSPS) is 18.4. The van der Waals surface area contributed by atoms with Crippen molar-refractivity contribution in [3.8, 4) is 0 Å². The number of rotatable bonds is 1. The first kappa shape index (κ1) is 6.81. The second-order valence-corrected chi connectivity index (χ2v) is 2.72. The van der Waals surface area contributed by atoms with Gasteiger partial charge in [0.2, 0.25) is 0 Å². The molecule has 0 atom stereocenters. The lowest BCUT2D eigenvalue weighted by Crippen LogP contribution is -1.96. The van der Waals surface area contributed by atoms with Crippen molar-refractivity contribution in [1.29, 1.82) is 0 Å². The number of allylic oxidation sites excluding steroid dienone is 1. The molecule has 0 N–H and O–H groups in total. The fourth-order valence-corrected chi connectivity index (χ4v) is 0.953. The number of hydrogen-bond donors (Lipinski definition) is 0. The highest BCUT2D eigenvalue weighted by Gasteiger charge is 2.03. The smallest absolute Gasteiger partial charge is 0.114 e. The molecule has 9 heavy (non-hydrogen) atoms. The summed E-state index contributed by atoms with van der Waals surface area (Å²) in [6.45, 7) is 0. The van der Waals surface area contributed by atoms with Crippen LogP contribution in [0.25, 0.3) is 0 Å². The molecule has 1 aliphatic heterocycles. The average molecular weight is 190 g/mol. The lowest BCUT2D eigenvalue weighted by Gasteiger charge is -2.07. The molecule has 0 saturated carbocycles. The molecule has 1 heterocycles. The first-order valence-corrected chi connectivity index (χ1v) is 3.57. The molecular formula is C6H8BrNO. The van der Waals surface area contributed by atoms with E-state index < -0.39 is 0 Å². The van der Waals surface area contributed by atoms with Gasteiger partial charge in [0, 0.05) is 12.8 Å². The van der Waals surface area contributed by atoms with Gasteiger partial charge >= 0.3 is 0 Å². The zero-order valence-corrected chi connectivity index (χ0v) is 6.81. The molecule has 2 nitrogen and oxygen atoms in total. The van der Waals surface area contributed by atoms with E-state index in [0.717, 1.165) is 23.2 Å². The van der Waals surface area contributed by atoms with Gasteiger partial charge in [-0.2, -0.15) is 0 Å². The monoisotopic (exact) mass is 189 g/mol. The molecule has 0 aromatic heterocycles. The third-order valence-corrected chi connectivity index (χ3v) is 1.79. The van der Waals surface area contributed by atoms with E-state index in [4.69, 9.17) is 4.74 Å². The summed E-state index contributed by atoms with van der Waals surface area (Å²) >= 11 is 3.29. The van der Waals surface area contributed by atoms with Crippen LogP contribution in [0.1, 0.15) is 12.8 Å². The van der Waals surface area contributed by atoms with Crippen LogP contribution in [-0.4, -0.2) is 11.7 Å². The van der Waals surface area contributed by atoms with Crippen LogP contribution in [0.4, 0.5) is 0 Å². The van der Waals surface area contributed by atoms with Crippen molar-refractivity contribution < 1.29 is 4.74 Å². The van der Waals surface area contributed by atoms with Crippen LogP contribution in [0.5, 0.6) is 0 Å². The topological polar surface area (TPSA) is 21.6 Å². The van der Waals surface area contributed by atoms with Crippen molar-refractivity contribution in [3.05, 3.63) is 12.0 Å². The lowest BCUT2D eigenvalue weighted by molar-refractivity contribution is 0.276. The van der Waals surface area contributed by atoms with E-state index in [2.05, 4.69) is 20.9 Å². The lowest BCUT2D eigenvalue weighted by atomic mass is 10.2. The Morgan fingerprint density at radius 3 is 2.89 bits per heavy atom. The molecule has 50 valence electrons. The second kappa shape index (κ2) is 3.01. The van der Waals surface area contributed by atoms with Crippen molar-refractivity contribution in [2.45, 2.75) is 12.8 Å². The van der Waals surface area contributed by atoms with Crippen LogP contribution < -0.4 is 0 Å². The van der Waals surface area contributed by atoms with Crippen LogP contribution in [-0.2, 0) is 4.74 Å². The van der Waals surface area contributed by atoms with Crippen LogP contribution in [0.2, 0.25) is 0 Å². The largest absolute Gasteiger partial charge is 0.499 e. The first-order chi connectivity index (χ1) is 4.33. The van der Waals surface area contributed by atoms with Crippen molar-refractivity contribution in [2.24, 2.45) is 4.99 Å². The maximum Gasteiger partial charge on any atom is 0.114 e. The zero-order chi connectivity index (χ0) is 6.69. The Kier molecular flexibility index (Phi) is 2.28. The number of ether oxygens (including phenoxy) is 1. The van der Waals surface area contributed by atoms with Crippen molar-refractivity contribution >= 4 is 20.6 Å². The highest BCUT2D eigenvalue weighted by molar-refractivity contribution is 9.18. The molecular weight excluding hydrogens is 182 g/mol. The predicted molar refractivity (Wildman–Crippen MR) is 40.7 cm³/mol. The van der Waals surface area contributed by atoms with Crippen molar-refractivity contribution in [1.82, 2.24) is 0 Å². The Morgan fingerprint density at radius 2 is 2.44 bits per heavy atom. The van der Waals surface area contributed by atoms with E-state index in [9.17, 15) is 0 Å². The van der Waals surface area contributed by atoms with Crippen LogP contribution in [0, 0.1) is 0 Å². The Bertz CT molecular complexity index is 162. The van der Waals surface area contributed by atoms with E-state index >= 15 is 0 Å². The molecule has 1 aliphatic rings. The Balaban J connectivity index is 2.59. The highest BCUT2D eigenvalue weighted by atomic mass is 79.9. The van der Waals surface area contributed by atoms with Crippen molar-refractivity contribution in [2.75, 3.05) is 7.11 Å². The zero-order valence-electron chi connectivity index (χ0n) is 5.22. The van der Waals surface area contributed by atoms with E-state index in [1.807, 2.05) is 0 Å². The van der Waals surface area contributed by atoms with Gasteiger partial charge in [-0.1, -0.05) is 0 Å². The molecule has 3 heteroatoms. The van der Waals surface area contributed by atoms with E-state index in [0.29, 0.717) is 0 Å². The molecule has 0 aliphatic carbocycles. The number of methoxy groups -OCH3 is 1. The number of halogens is 1.